The van der Waals surface area contributed by atoms with Crippen LogP contribution in [0.25, 0.3) is 0 Å². The zero-order valence-electron chi connectivity index (χ0n) is 15.7. The van der Waals surface area contributed by atoms with Crippen molar-refractivity contribution < 1.29 is 23.4 Å². The van der Waals surface area contributed by atoms with Gasteiger partial charge in [0.05, 0.1) is 16.4 Å². The third-order valence-electron chi connectivity index (χ3n) is 5.53. The molecule has 0 aromatic heterocycles. The molecule has 5 nitrogen and oxygen atoms in total. The van der Waals surface area contributed by atoms with Gasteiger partial charge in [0.15, 0.2) is 0 Å². The highest BCUT2D eigenvalue weighted by atomic mass is 35.5. The summed E-state index contributed by atoms with van der Waals surface area (Å²) in [7, 11) is 0. The molecule has 2 aliphatic rings. The normalized spacial score (nSPS) is 18.2. The van der Waals surface area contributed by atoms with Crippen molar-refractivity contribution in [1.82, 2.24) is 0 Å². The molecule has 0 spiro atoms. The summed E-state index contributed by atoms with van der Waals surface area (Å²) in [6.07, 6.45) is 1.55. The van der Waals surface area contributed by atoms with Crippen LogP contribution in [0.2, 0.25) is 5.02 Å². The van der Waals surface area contributed by atoms with Gasteiger partial charge in [0, 0.05) is 25.1 Å². The fourth-order valence-corrected chi connectivity index (χ4v) is 4.10. The van der Waals surface area contributed by atoms with E-state index in [0.717, 1.165) is 5.69 Å². The number of hydrogen-bond acceptors (Lipinski definition) is 4. The van der Waals surface area contributed by atoms with Crippen LogP contribution in [-0.4, -0.2) is 36.3 Å². The smallest absolute Gasteiger partial charge is 0.224 e. The quantitative estimate of drug-likeness (QED) is 0.784. The molecule has 2 N–H and O–H groups in total. The van der Waals surface area contributed by atoms with Crippen molar-refractivity contribution >= 4 is 28.9 Å². The number of fused-ring (bicyclic) bond motifs is 1. The maximum absolute atomic E-state index is 14.0. The van der Waals surface area contributed by atoms with Crippen molar-refractivity contribution in [1.29, 1.82) is 0 Å². The van der Waals surface area contributed by atoms with Crippen LogP contribution in [0.15, 0.2) is 30.3 Å². The van der Waals surface area contributed by atoms with E-state index in [0.29, 0.717) is 48.7 Å². The Bertz CT molecular complexity index is 946. The van der Waals surface area contributed by atoms with Gasteiger partial charge in [-0.2, -0.15) is 0 Å². The molecule has 4 rings (SSSR count). The molecule has 8 heteroatoms. The number of piperidine rings is 1. The Balaban J connectivity index is 1.41. The van der Waals surface area contributed by atoms with E-state index in [9.17, 15) is 18.7 Å². The second kappa shape index (κ2) is 7.80. The van der Waals surface area contributed by atoms with Crippen LogP contribution in [0, 0.1) is 11.6 Å². The molecule has 29 heavy (non-hydrogen) atoms. The SMILES string of the molecule is O=C1CCc2c(OCC3(O)CCN(c4ccc(F)cc4Cl)CC3)ccc(F)c2N1. The van der Waals surface area contributed by atoms with Crippen molar-refractivity contribution in [3.63, 3.8) is 0 Å². The topological polar surface area (TPSA) is 61.8 Å². The number of carbonyl (C=O) groups is 1. The lowest BCUT2D eigenvalue weighted by molar-refractivity contribution is -0.116. The summed E-state index contributed by atoms with van der Waals surface area (Å²) in [5, 5.41) is 13.8. The summed E-state index contributed by atoms with van der Waals surface area (Å²) in [6, 6.07) is 7.06. The van der Waals surface area contributed by atoms with Crippen molar-refractivity contribution in [2.75, 3.05) is 29.9 Å². The third-order valence-corrected chi connectivity index (χ3v) is 5.83. The number of rotatable bonds is 4. The lowest BCUT2D eigenvalue weighted by Crippen LogP contribution is -2.48. The lowest BCUT2D eigenvalue weighted by atomic mass is 9.92. The molecule has 2 aromatic carbocycles. The highest BCUT2D eigenvalue weighted by Crippen LogP contribution is 2.36. The van der Waals surface area contributed by atoms with E-state index >= 15 is 0 Å². The summed E-state index contributed by atoms with van der Waals surface area (Å²) >= 11 is 6.14. The highest BCUT2D eigenvalue weighted by Gasteiger charge is 2.34. The Morgan fingerprint density at radius 3 is 2.66 bits per heavy atom. The van der Waals surface area contributed by atoms with Crippen LogP contribution in [0.5, 0.6) is 5.75 Å². The van der Waals surface area contributed by atoms with Gasteiger partial charge < -0.3 is 20.1 Å². The predicted molar refractivity (Wildman–Crippen MR) is 107 cm³/mol. The first-order valence-corrected chi connectivity index (χ1v) is 9.89. The van der Waals surface area contributed by atoms with Gasteiger partial charge in [-0.05, 0) is 49.6 Å². The minimum absolute atomic E-state index is 0.0595. The number of benzene rings is 2. The Morgan fingerprint density at radius 1 is 1.17 bits per heavy atom. The Kier molecular flexibility index (Phi) is 5.36. The van der Waals surface area contributed by atoms with E-state index in [-0.39, 0.29) is 30.4 Å². The van der Waals surface area contributed by atoms with E-state index < -0.39 is 11.4 Å². The van der Waals surface area contributed by atoms with Gasteiger partial charge in [-0.25, -0.2) is 8.78 Å². The maximum Gasteiger partial charge on any atom is 0.224 e. The molecule has 0 unspecified atom stereocenters. The van der Waals surface area contributed by atoms with Crippen LogP contribution >= 0.6 is 11.6 Å². The van der Waals surface area contributed by atoms with Crippen LogP contribution in [0.3, 0.4) is 0 Å². The summed E-state index contributed by atoms with van der Waals surface area (Å²) in [6.45, 7) is 1.15. The third kappa shape index (κ3) is 4.16. The van der Waals surface area contributed by atoms with E-state index in [2.05, 4.69) is 5.32 Å². The second-order valence-electron chi connectivity index (χ2n) is 7.54. The molecule has 154 valence electrons. The number of halogens is 3. The molecule has 0 radical (unpaired) electrons. The molecule has 1 fully saturated rings. The number of carbonyl (C=O) groups excluding carboxylic acids is 1. The van der Waals surface area contributed by atoms with Crippen molar-refractivity contribution in [2.45, 2.75) is 31.3 Å². The molecular weight excluding hydrogens is 402 g/mol. The van der Waals surface area contributed by atoms with Gasteiger partial charge in [0.25, 0.3) is 0 Å². The zero-order valence-corrected chi connectivity index (χ0v) is 16.4. The fraction of sp³-hybridized carbons (Fsp3) is 0.381. The maximum atomic E-state index is 14.0. The Labute approximate surface area is 172 Å². The molecule has 0 atom stereocenters. The highest BCUT2D eigenvalue weighted by molar-refractivity contribution is 6.33. The summed E-state index contributed by atoms with van der Waals surface area (Å²) in [4.78, 5) is 13.5. The standard InChI is InChI=1S/C21H21ClF2N2O3/c22-15-11-13(23)1-4-17(15)26-9-7-21(28,8-10-26)12-29-18-5-3-16(24)20-14(18)2-6-19(27)25-20/h1,3-5,11,28H,2,6-10,12H2,(H,25,27). The molecule has 2 aromatic rings. The van der Waals surface area contributed by atoms with E-state index in [1.807, 2.05) is 4.90 Å². The van der Waals surface area contributed by atoms with Crippen LogP contribution in [-0.2, 0) is 11.2 Å². The number of nitrogens with one attached hydrogen (secondary N) is 1. The molecule has 0 saturated carbocycles. The second-order valence-corrected chi connectivity index (χ2v) is 7.95. The number of aliphatic hydroxyl groups is 1. The predicted octanol–water partition coefficient (Wildman–Crippen LogP) is 3.91. The number of hydrogen-bond donors (Lipinski definition) is 2. The average Bonchev–Trinajstić information content (AvgIpc) is 2.69. The lowest BCUT2D eigenvalue weighted by Gasteiger charge is -2.39. The monoisotopic (exact) mass is 422 g/mol. The Morgan fingerprint density at radius 2 is 1.93 bits per heavy atom. The fourth-order valence-electron chi connectivity index (χ4n) is 3.82. The van der Waals surface area contributed by atoms with Crippen LogP contribution in [0.1, 0.15) is 24.8 Å². The van der Waals surface area contributed by atoms with Gasteiger partial charge in [0.1, 0.15) is 29.6 Å². The van der Waals surface area contributed by atoms with Crippen LogP contribution < -0.4 is 15.0 Å². The van der Waals surface area contributed by atoms with Gasteiger partial charge in [-0.15, -0.1) is 0 Å². The first-order valence-electron chi connectivity index (χ1n) is 9.51. The molecule has 2 heterocycles. The number of anilines is 2. The zero-order chi connectivity index (χ0) is 20.6. The Hall–Kier alpha value is -2.38. The minimum atomic E-state index is -1.04. The van der Waals surface area contributed by atoms with Crippen LogP contribution in [0.4, 0.5) is 20.2 Å². The molecule has 0 aliphatic carbocycles. The van der Waals surface area contributed by atoms with E-state index in [1.54, 1.807) is 6.07 Å². The van der Waals surface area contributed by atoms with E-state index in [1.165, 1.54) is 24.3 Å². The minimum Gasteiger partial charge on any atom is -0.490 e. The van der Waals surface area contributed by atoms with Gasteiger partial charge in [-0.1, -0.05) is 11.6 Å². The average molecular weight is 423 g/mol. The number of amides is 1. The van der Waals surface area contributed by atoms with Crippen molar-refractivity contribution in [3.05, 3.63) is 52.6 Å². The van der Waals surface area contributed by atoms with E-state index in [4.69, 9.17) is 16.3 Å². The van der Waals surface area contributed by atoms with Gasteiger partial charge in [-0.3, -0.25) is 4.79 Å². The first-order chi connectivity index (χ1) is 13.8. The summed E-state index contributed by atoms with van der Waals surface area (Å²) in [5.74, 6) is -0.638. The van der Waals surface area contributed by atoms with Crippen molar-refractivity contribution in [3.8, 4) is 5.75 Å². The first kappa shape index (κ1) is 19.9. The molecule has 1 saturated heterocycles. The molecule has 2 aliphatic heterocycles. The van der Waals surface area contributed by atoms with Crippen molar-refractivity contribution in [2.24, 2.45) is 0 Å². The molecule has 1 amide bonds. The molecular formula is C21H21ClF2N2O3. The number of ether oxygens (including phenoxy) is 1. The van der Waals surface area contributed by atoms with Gasteiger partial charge in [0.2, 0.25) is 5.91 Å². The number of nitrogens with zero attached hydrogens (tertiary/aromatic N) is 1. The summed E-state index contributed by atoms with van der Waals surface area (Å²) < 4.78 is 33.1. The van der Waals surface area contributed by atoms with Gasteiger partial charge >= 0.3 is 0 Å². The summed E-state index contributed by atoms with van der Waals surface area (Å²) in [5.41, 5.74) is 0.469. The largest absolute Gasteiger partial charge is 0.490 e. The molecule has 0 bridgehead atoms.